The number of carbonyl (C=O) groups is 4. The molecule has 0 aliphatic carbocycles. The van der Waals surface area contributed by atoms with Gasteiger partial charge in [-0.05, 0) is 57.3 Å². The highest BCUT2D eigenvalue weighted by Gasteiger charge is 2.30. The molecule has 0 radical (unpaired) electrons. The lowest BCUT2D eigenvalue weighted by molar-refractivity contribution is -0.161. The molecular weight excluding hydrogens is 1290 g/mol. The minimum atomic E-state index is -4.96. The van der Waals surface area contributed by atoms with Gasteiger partial charge in [-0.3, -0.25) is 37.3 Å². The van der Waals surface area contributed by atoms with Crippen LogP contribution in [0.3, 0.4) is 0 Å². The smallest absolute Gasteiger partial charge is 0.462 e. The summed E-state index contributed by atoms with van der Waals surface area (Å²) in [6.45, 7) is 7.21. The highest BCUT2D eigenvalue weighted by Crippen LogP contribution is 2.45. The molecule has 0 aliphatic rings. The molecule has 0 rings (SSSR count). The number of aliphatic hydroxyl groups excluding tert-OH is 1. The van der Waals surface area contributed by atoms with E-state index in [-0.39, 0.29) is 25.7 Å². The Bertz CT molecular complexity index is 1990. The maximum atomic E-state index is 13.1. The largest absolute Gasteiger partial charge is 0.472 e. The van der Waals surface area contributed by atoms with Crippen molar-refractivity contribution in [3.05, 3.63) is 24.3 Å². The van der Waals surface area contributed by atoms with Gasteiger partial charge in [-0.15, -0.1) is 0 Å². The third-order valence-corrected chi connectivity index (χ3v) is 20.4. The standard InChI is InChI=1S/C80H152O17P2/c1-6-10-13-16-18-20-22-24-26-27-28-29-30-31-33-39-43-47-51-56-61-66-80(85)97-76(70-91-78(83)64-59-54-49-45-41-37-35-34-36-40-44-48-53-57-62-73(5)9-4)72-95-99(88,89)93-68-74(81)67-92-98(86,87)94-71-75(69-90-77(82)63-58-52-15-12-8-3)96-79(84)65-60-55-50-46-42-38-32-25-23-21-19-17-14-11-7-2/h21,23,25,32,73-76,81H,6-20,22,24,26-31,33-72H2,1-5H3,(H,86,87)(H,88,89)/b23-21-,32-25-/t73?,74-,75+,76+/m0/s1. The number of phosphoric acid groups is 2. The maximum Gasteiger partial charge on any atom is 0.472 e. The van der Waals surface area contributed by atoms with Gasteiger partial charge in [0.15, 0.2) is 12.2 Å². The lowest BCUT2D eigenvalue weighted by atomic mass is 9.99. The molecule has 0 amide bonds. The molecule has 0 fully saturated rings. The first-order valence-corrected chi connectivity index (χ1v) is 44.0. The molecule has 0 aromatic rings. The lowest BCUT2D eigenvalue weighted by Gasteiger charge is -2.21. The molecule has 0 saturated heterocycles. The van der Waals surface area contributed by atoms with Gasteiger partial charge in [-0.2, -0.15) is 0 Å². The Balaban J connectivity index is 5.15. The summed E-state index contributed by atoms with van der Waals surface area (Å²) in [7, 11) is -9.92. The average Bonchev–Trinajstić information content (AvgIpc) is 0.963. The van der Waals surface area contributed by atoms with Crippen LogP contribution in [0.15, 0.2) is 24.3 Å². The third-order valence-electron chi connectivity index (χ3n) is 18.5. The van der Waals surface area contributed by atoms with Crippen molar-refractivity contribution in [2.45, 2.75) is 419 Å². The van der Waals surface area contributed by atoms with E-state index in [2.05, 4.69) is 58.9 Å². The van der Waals surface area contributed by atoms with Crippen molar-refractivity contribution in [1.82, 2.24) is 0 Å². The zero-order chi connectivity index (χ0) is 72.7. The van der Waals surface area contributed by atoms with Crippen LogP contribution in [0.1, 0.15) is 401 Å². The Labute approximate surface area is 605 Å². The van der Waals surface area contributed by atoms with Crippen LogP contribution >= 0.6 is 15.6 Å². The molecule has 19 heteroatoms. The van der Waals surface area contributed by atoms with E-state index in [1.165, 1.54) is 205 Å². The summed E-state index contributed by atoms with van der Waals surface area (Å²) in [6, 6.07) is 0. The van der Waals surface area contributed by atoms with E-state index in [1.807, 2.05) is 0 Å². The molecule has 0 saturated carbocycles. The van der Waals surface area contributed by atoms with Crippen molar-refractivity contribution in [2.75, 3.05) is 39.6 Å². The quantitative estimate of drug-likeness (QED) is 0.0169. The molecule has 0 bridgehead atoms. The summed E-state index contributed by atoms with van der Waals surface area (Å²) in [5, 5.41) is 10.6. The molecule has 3 N–H and O–H groups in total. The molecule has 99 heavy (non-hydrogen) atoms. The summed E-state index contributed by atoms with van der Waals surface area (Å²) in [5.74, 6) is -1.30. The average molecular weight is 1450 g/mol. The highest BCUT2D eigenvalue weighted by atomic mass is 31.2. The van der Waals surface area contributed by atoms with Crippen LogP contribution in [0.25, 0.3) is 0 Å². The number of phosphoric ester groups is 2. The Morgan fingerprint density at radius 1 is 0.323 bits per heavy atom. The maximum absolute atomic E-state index is 13.1. The first-order valence-electron chi connectivity index (χ1n) is 41.0. The zero-order valence-electron chi connectivity index (χ0n) is 64.1. The molecule has 3 unspecified atom stereocenters. The van der Waals surface area contributed by atoms with Crippen LogP contribution in [0, 0.1) is 5.92 Å². The van der Waals surface area contributed by atoms with Crippen molar-refractivity contribution in [3.8, 4) is 0 Å². The summed E-state index contributed by atoms with van der Waals surface area (Å²) in [4.78, 5) is 72.6. The number of aliphatic hydroxyl groups is 1. The van der Waals surface area contributed by atoms with Gasteiger partial charge in [-0.1, -0.05) is 348 Å². The van der Waals surface area contributed by atoms with Gasteiger partial charge < -0.3 is 33.8 Å². The summed E-state index contributed by atoms with van der Waals surface area (Å²) < 4.78 is 68.4. The molecule has 17 nitrogen and oxygen atoms in total. The topological polar surface area (TPSA) is 237 Å². The second-order valence-corrected chi connectivity index (χ2v) is 31.3. The number of allylic oxidation sites excluding steroid dienone is 4. The van der Waals surface area contributed by atoms with E-state index in [9.17, 15) is 43.2 Å². The number of ether oxygens (including phenoxy) is 4. The molecule has 0 heterocycles. The third kappa shape index (κ3) is 72.3. The van der Waals surface area contributed by atoms with E-state index in [1.54, 1.807) is 0 Å². The molecule has 0 aliphatic heterocycles. The minimum Gasteiger partial charge on any atom is -0.462 e. The van der Waals surface area contributed by atoms with Crippen LogP contribution in [0.4, 0.5) is 0 Å². The van der Waals surface area contributed by atoms with Crippen LogP contribution < -0.4 is 0 Å². The molecular formula is C80H152O17P2. The first-order chi connectivity index (χ1) is 48.1. The van der Waals surface area contributed by atoms with Crippen LogP contribution in [0.2, 0.25) is 0 Å². The minimum absolute atomic E-state index is 0.0844. The van der Waals surface area contributed by atoms with E-state index < -0.39 is 97.5 Å². The van der Waals surface area contributed by atoms with Crippen molar-refractivity contribution in [3.63, 3.8) is 0 Å². The molecule has 584 valence electrons. The van der Waals surface area contributed by atoms with Crippen LogP contribution in [0.5, 0.6) is 0 Å². The summed E-state index contributed by atoms with van der Waals surface area (Å²) >= 11 is 0. The molecule has 0 aromatic heterocycles. The Morgan fingerprint density at radius 3 is 0.859 bits per heavy atom. The number of hydrogen-bond acceptors (Lipinski definition) is 15. The molecule has 6 atom stereocenters. The van der Waals surface area contributed by atoms with Gasteiger partial charge in [0.05, 0.1) is 26.4 Å². The number of unbranched alkanes of at least 4 members (excludes halogenated alkanes) is 46. The Kier molecular flexibility index (Phi) is 70.7. The van der Waals surface area contributed by atoms with Crippen LogP contribution in [-0.2, 0) is 65.4 Å². The first kappa shape index (κ1) is 96.5. The second-order valence-electron chi connectivity index (χ2n) is 28.4. The van der Waals surface area contributed by atoms with Crippen molar-refractivity contribution >= 4 is 39.5 Å². The Morgan fingerprint density at radius 2 is 0.566 bits per heavy atom. The van der Waals surface area contributed by atoms with Crippen molar-refractivity contribution < 1.29 is 80.2 Å². The number of esters is 4. The SMILES string of the molecule is CCCCCC/C=C\C=C/CCCCCCCC(=O)O[C@H](COC(=O)CCCCCCC)COP(=O)(O)OC[C@H](O)COP(=O)(O)OC[C@@H](COC(=O)CCCCCCCCCCCCCCCCC(C)CC)OC(=O)CCCCCCCCCCCCCCCCCCCCCCC. The van der Waals surface area contributed by atoms with Gasteiger partial charge in [0.2, 0.25) is 0 Å². The van der Waals surface area contributed by atoms with E-state index in [0.717, 1.165) is 115 Å². The monoisotopic (exact) mass is 1450 g/mol. The second kappa shape index (κ2) is 72.5. The fraction of sp³-hybridized carbons (Fsp3) is 0.900. The zero-order valence-corrected chi connectivity index (χ0v) is 65.9. The van der Waals surface area contributed by atoms with Gasteiger partial charge in [0, 0.05) is 25.7 Å². The van der Waals surface area contributed by atoms with Crippen molar-refractivity contribution in [1.29, 1.82) is 0 Å². The number of hydrogen-bond donors (Lipinski definition) is 3. The lowest BCUT2D eigenvalue weighted by Crippen LogP contribution is -2.30. The van der Waals surface area contributed by atoms with Gasteiger partial charge >= 0.3 is 39.5 Å². The Hall–Kier alpha value is -2.46. The summed E-state index contributed by atoms with van der Waals surface area (Å²) in [6.07, 6.45) is 66.5. The normalized spacial score (nSPS) is 14.3. The molecule has 0 aromatic carbocycles. The molecule has 0 spiro atoms. The predicted molar refractivity (Wildman–Crippen MR) is 404 cm³/mol. The van der Waals surface area contributed by atoms with Crippen molar-refractivity contribution in [2.24, 2.45) is 5.92 Å². The van der Waals surface area contributed by atoms with E-state index in [4.69, 9.17) is 37.0 Å². The van der Waals surface area contributed by atoms with E-state index >= 15 is 0 Å². The fourth-order valence-corrected chi connectivity index (χ4v) is 13.4. The van der Waals surface area contributed by atoms with Gasteiger partial charge in [0.1, 0.15) is 19.3 Å². The number of rotatable bonds is 78. The predicted octanol–water partition coefficient (Wildman–Crippen LogP) is 23.6. The van der Waals surface area contributed by atoms with Crippen LogP contribution in [-0.4, -0.2) is 96.7 Å². The fourth-order valence-electron chi connectivity index (χ4n) is 11.8. The summed E-state index contributed by atoms with van der Waals surface area (Å²) in [5.41, 5.74) is 0. The number of carbonyl (C=O) groups excluding carboxylic acids is 4. The van der Waals surface area contributed by atoms with E-state index in [0.29, 0.717) is 25.7 Å². The van der Waals surface area contributed by atoms with Gasteiger partial charge in [0.25, 0.3) is 0 Å². The van der Waals surface area contributed by atoms with Gasteiger partial charge in [-0.25, -0.2) is 9.13 Å². The highest BCUT2D eigenvalue weighted by molar-refractivity contribution is 7.47.